The number of benzene rings is 2. The molecule has 1 aromatic heterocycles. The summed E-state index contributed by atoms with van der Waals surface area (Å²) in [5.41, 5.74) is 1.80. The lowest BCUT2D eigenvalue weighted by Crippen LogP contribution is -2.35. The van der Waals surface area contributed by atoms with Crippen LogP contribution in [0.15, 0.2) is 57.9 Å². The topological polar surface area (TPSA) is 61.5 Å². The quantitative estimate of drug-likeness (QED) is 0.313. The van der Waals surface area contributed by atoms with Crippen molar-refractivity contribution in [2.75, 3.05) is 11.4 Å². The second kappa shape index (κ2) is 8.01. The van der Waals surface area contributed by atoms with Gasteiger partial charge in [0.25, 0.3) is 0 Å². The molecule has 1 heterocycles. The molecule has 126 valence electrons. The fraction of sp³-hybridized carbons (Fsp3) is 0.167. The summed E-state index contributed by atoms with van der Waals surface area (Å²) >= 11 is 5.82. The Kier molecular flexibility index (Phi) is 5.53. The number of aliphatic imine (C=N–C) groups is 1. The van der Waals surface area contributed by atoms with Gasteiger partial charge in [0.2, 0.25) is 6.19 Å². The van der Waals surface area contributed by atoms with E-state index in [1.807, 2.05) is 59.6 Å². The third kappa shape index (κ3) is 4.10. The van der Waals surface area contributed by atoms with Gasteiger partial charge in [-0.2, -0.15) is 5.26 Å². The summed E-state index contributed by atoms with van der Waals surface area (Å²) in [5, 5.41) is 9.09. The first kappa shape index (κ1) is 17.3. The molecule has 0 N–H and O–H groups in total. The molecule has 25 heavy (non-hydrogen) atoms. The molecule has 0 aliphatic carbocycles. The highest BCUT2D eigenvalue weighted by Gasteiger charge is 2.17. The monoisotopic (exact) mass is 368 g/mol. The number of amidine groups is 1. The van der Waals surface area contributed by atoms with Crippen molar-refractivity contribution in [2.24, 2.45) is 4.99 Å². The van der Waals surface area contributed by atoms with Crippen molar-refractivity contribution < 1.29 is 4.74 Å². The molecule has 0 spiro atoms. The standard InChI is InChI=1S/C18H16N4OS2/c1-2-10-22(13-8-9-15-16(11-13)25-18(24)21-15)17(20-12-19)23-14-6-4-3-5-7-14/h3-9,11H,2,10H2,1H3,(H,21,24)/b20-17-. The van der Waals surface area contributed by atoms with Crippen LogP contribution in [0.25, 0.3) is 10.2 Å². The van der Waals surface area contributed by atoms with E-state index in [9.17, 15) is 0 Å². The van der Waals surface area contributed by atoms with E-state index in [4.69, 9.17) is 10.00 Å². The Morgan fingerprint density at radius 1 is 1.32 bits per heavy atom. The smallest absolute Gasteiger partial charge is 0.312 e. The number of nitrogens with zero attached hydrogens (tertiary/aromatic N) is 4. The summed E-state index contributed by atoms with van der Waals surface area (Å²) in [7, 11) is 0. The molecule has 0 aliphatic heterocycles. The minimum atomic E-state index is 0.255. The van der Waals surface area contributed by atoms with Crippen LogP contribution in [0.2, 0.25) is 0 Å². The number of thiol groups is 1. The lowest BCUT2D eigenvalue weighted by molar-refractivity contribution is 0.531. The molecule has 0 radical (unpaired) electrons. The molecule has 7 heteroatoms. The van der Waals surface area contributed by atoms with Gasteiger partial charge in [0.15, 0.2) is 0 Å². The van der Waals surface area contributed by atoms with E-state index < -0.39 is 0 Å². The van der Waals surface area contributed by atoms with Gasteiger partial charge in [-0.3, -0.25) is 4.90 Å². The summed E-state index contributed by atoms with van der Waals surface area (Å²) in [6.07, 6.45) is 2.71. The number of anilines is 1. The number of hydrogen-bond donors (Lipinski definition) is 1. The van der Waals surface area contributed by atoms with E-state index in [1.54, 1.807) is 0 Å². The number of thiazole rings is 1. The van der Waals surface area contributed by atoms with Gasteiger partial charge in [0, 0.05) is 12.2 Å². The molecular formula is C18H16N4OS2. The second-order valence-electron chi connectivity index (χ2n) is 5.21. The van der Waals surface area contributed by atoms with Gasteiger partial charge < -0.3 is 4.74 Å². The van der Waals surface area contributed by atoms with Crippen LogP contribution in [0.5, 0.6) is 5.75 Å². The first-order valence-corrected chi connectivity index (χ1v) is 9.04. The van der Waals surface area contributed by atoms with Gasteiger partial charge in [0.1, 0.15) is 10.1 Å². The zero-order valence-corrected chi connectivity index (χ0v) is 15.3. The molecular weight excluding hydrogens is 352 g/mol. The molecule has 0 bridgehead atoms. The van der Waals surface area contributed by atoms with Crippen molar-refractivity contribution >= 4 is 45.9 Å². The summed E-state index contributed by atoms with van der Waals surface area (Å²) in [6.45, 7) is 2.74. The van der Waals surface area contributed by atoms with Crippen molar-refractivity contribution in [3.05, 3.63) is 48.5 Å². The van der Waals surface area contributed by atoms with Gasteiger partial charge >= 0.3 is 6.02 Å². The molecule has 0 unspecified atom stereocenters. The fourth-order valence-corrected chi connectivity index (χ4v) is 3.54. The molecule has 3 rings (SSSR count). The Labute approximate surface area is 155 Å². The molecule has 0 atom stereocenters. The first-order valence-electron chi connectivity index (χ1n) is 7.78. The number of para-hydroxylation sites is 1. The Balaban J connectivity index is 1.98. The van der Waals surface area contributed by atoms with E-state index in [1.165, 1.54) is 11.3 Å². The minimum Gasteiger partial charge on any atom is -0.425 e. The van der Waals surface area contributed by atoms with Gasteiger partial charge in [-0.15, -0.1) is 29.0 Å². The molecule has 3 aromatic rings. The van der Waals surface area contributed by atoms with Crippen LogP contribution < -0.4 is 9.64 Å². The highest BCUT2D eigenvalue weighted by molar-refractivity contribution is 7.82. The summed E-state index contributed by atoms with van der Waals surface area (Å²) < 4.78 is 7.62. The highest BCUT2D eigenvalue weighted by atomic mass is 32.2. The van der Waals surface area contributed by atoms with E-state index in [2.05, 4.69) is 29.5 Å². The zero-order chi connectivity index (χ0) is 17.6. The highest BCUT2D eigenvalue weighted by Crippen LogP contribution is 2.29. The molecule has 0 saturated carbocycles. The van der Waals surface area contributed by atoms with Gasteiger partial charge in [-0.05, 0) is 36.8 Å². The van der Waals surface area contributed by atoms with E-state index in [-0.39, 0.29) is 6.02 Å². The maximum absolute atomic E-state index is 9.09. The molecule has 2 aromatic carbocycles. The Morgan fingerprint density at radius 3 is 2.84 bits per heavy atom. The predicted octanol–water partition coefficient (Wildman–Crippen LogP) is 4.72. The van der Waals surface area contributed by atoms with Crippen LogP contribution >= 0.6 is 24.0 Å². The van der Waals surface area contributed by atoms with Crippen LogP contribution in [0.3, 0.4) is 0 Å². The Bertz CT molecular complexity index is 931. The van der Waals surface area contributed by atoms with Gasteiger partial charge in [-0.1, -0.05) is 25.1 Å². The normalized spacial score (nSPS) is 11.3. The maximum atomic E-state index is 9.09. The number of hydrogen-bond acceptors (Lipinski definition) is 6. The number of rotatable bonds is 4. The predicted molar refractivity (Wildman–Crippen MR) is 105 cm³/mol. The number of aromatic nitrogens is 1. The van der Waals surface area contributed by atoms with Crippen LogP contribution in [-0.4, -0.2) is 17.6 Å². The zero-order valence-electron chi connectivity index (χ0n) is 13.6. The van der Waals surface area contributed by atoms with E-state index >= 15 is 0 Å². The van der Waals surface area contributed by atoms with Crippen LogP contribution in [0.4, 0.5) is 5.69 Å². The Morgan fingerprint density at radius 2 is 2.12 bits per heavy atom. The van der Waals surface area contributed by atoms with Crippen molar-refractivity contribution in [2.45, 2.75) is 17.7 Å². The van der Waals surface area contributed by atoms with Gasteiger partial charge in [-0.25, -0.2) is 4.98 Å². The van der Waals surface area contributed by atoms with E-state index in [0.29, 0.717) is 12.3 Å². The average molecular weight is 368 g/mol. The van der Waals surface area contributed by atoms with Crippen LogP contribution in [0, 0.1) is 11.5 Å². The maximum Gasteiger partial charge on any atom is 0.312 e. The molecule has 0 aliphatic rings. The summed E-state index contributed by atoms with van der Waals surface area (Å²) in [6, 6.07) is 15.5. The first-order chi connectivity index (χ1) is 12.2. The fourth-order valence-electron chi connectivity index (χ4n) is 2.40. The summed E-state index contributed by atoms with van der Waals surface area (Å²) in [5.74, 6) is 0.633. The molecule has 5 nitrogen and oxygen atoms in total. The summed E-state index contributed by atoms with van der Waals surface area (Å²) in [4.78, 5) is 10.2. The van der Waals surface area contributed by atoms with Crippen LogP contribution in [0.1, 0.15) is 13.3 Å². The SMILES string of the molecule is CCCN(/C(=N/C#N)Oc1ccccc1)c1ccc2nc(S)sc2c1. The van der Waals surface area contributed by atoms with Crippen molar-refractivity contribution in [1.29, 1.82) is 5.26 Å². The third-order valence-electron chi connectivity index (χ3n) is 3.45. The lowest BCUT2D eigenvalue weighted by Gasteiger charge is -2.24. The molecule has 0 fully saturated rings. The van der Waals surface area contributed by atoms with Crippen molar-refractivity contribution in [3.8, 4) is 11.9 Å². The minimum absolute atomic E-state index is 0.255. The third-order valence-corrected chi connectivity index (χ3v) is 4.64. The second-order valence-corrected chi connectivity index (χ2v) is 6.97. The van der Waals surface area contributed by atoms with E-state index in [0.717, 1.165) is 26.7 Å². The number of ether oxygens (including phenoxy) is 1. The average Bonchev–Trinajstić information content (AvgIpc) is 2.99. The largest absolute Gasteiger partial charge is 0.425 e. The molecule has 0 saturated heterocycles. The Hall–Kier alpha value is -2.56. The lowest BCUT2D eigenvalue weighted by atomic mass is 10.2. The van der Waals surface area contributed by atoms with Crippen molar-refractivity contribution in [1.82, 2.24) is 4.98 Å². The molecule has 0 amide bonds. The van der Waals surface area contributed by atoms with Crippen LogP contribution in [-0.2, 0) is 0 Å². The van der Waals surface area contributed by atoms with Crippen molar-refractivity contribution in [3.63, 3.8) is 0 Å². The number of fused-ring (bicyclic) bond motifs is 1. The van der Waals surface area contributed by atoms with Gasteiger partial charge in [0.05, 0.1) is 10.2 Å². The number of nitriles is 1.